The van der Waals surface area contributed by atoms with E-state index in [0.29, 0.717) is 4.80 Å². The highest BCUT2D eigenvalue weighted by molar-refractivity contribution is 7.07. The van der Waals surface area contributed by atoms with Crippen LogP contribution in [0.4, 0.5) is 4.79 Å². The molecule has 5 nitrogen and oxygen atoms in total. The summed E-state index contributed by atoms with van der Waals surface area (Å²) in [5.74, 6) is 0. The first kappa shape index (κ1) is 9.60. The maximum atomic E-state index is 10.5. The molecule has 0 radical (unpaired) electrons. The van der Waals surface area contributed by atoms with Crippen LogP contribution in [0.25, 0.3) is 5.69 Å². The molecule has 0 saturated carbocycles. The van der Waals surface area contributed by atoms with E-state index in [-0.39, 0.29) is 0 Å². The Bertz CT molecular complexity index is 530. The van der Waals surface area contributed by atoms with Crippen LogP contribution in [0.2, 0.25) is 0 Å². The largest absolute Gasteiger partial charge is 0.463 e. The molecule has 0 aliphatic rings. The van der Waals surface area contributed by atoms with Gasteiger partial charge in [-0.05, 0) is 12.1 Å². The molecule has 76 valence electrons. The summed E-state index contributed by atoms with van der Waals surface area (Å²) < 4.78 is 1.67. The summed E-state index contributed by atoms with van der Waals surface area (Å²) >= 11 is 1.26. The van der Waals surface area contributed by atoms with Crippen molar-refractivity contribution in [2.75, 3.05) is 0 Å². The number of nitrogens with zero attached hydrogens (tertiary/aromatic N) is 3. The maximum Gasteiger partial charge on any atom is 0.433 e. The monoisotopic (exact) mass is 221 g/mol. The van der Waals surface area contributed by atoms with Gasteiger partial charge in [0.1, 0.15) is 0 Å². The van der Waals surface area contributed by atoms with Crippen LogP contribution in [0.3, 0.4) is 0 Å². The number of rotatable bonds is 1. The number of thiazole rings is 1. The fourth-order valence-electron chi connectivity index (χ4n) is 1.13. The first-order valence-corrected chi connectivity index (χ1v) is 4.99. The topological polar surface area (TPSA) is 67.5 Å². The minimum Gasteiger partial charge on any atom is -0.463 e. The van der Waals surface area contributed by atoms with E-state index in [2.05, 4.69) is 9.98 Å². The molecule has 2 aromatic rings. The number of pyridine rings is 1. The van der Waals surface area contributed by atoms with Gasteiger partial charge < -0.3 is 5.11 Å². The van der Waals surface area contributed by atoms with Crippen LogP contribution in [0, 0.1) is 0 Å². The number of hydrogen-bond acceptors (Lipinski definition) is 3. The highest BCUT2D eigenvalue weighted by Gasteiger charge is 1.99. The average Bonchev–Trinajstić information content (AvgIpc) is 2.66. The summed E-state index contributed by atoms with van der Waals surface area (Å²) in [5, 5.41) is 10.3. The molecule has 2 heterocycles. The molecule has 0 spiro atoms. The van der Waals surface area contributed by atoms with Crippen LogP contribution in [0.5, 0.6) is 0 Å². The molecule has 0 aliphatic carbocycles. The van der Waals surface area contributed by atoms with Gasteiger partial charge in [-0.25, -0.2) is 4.79 Å². The summed E-state index contributed by atoms with van der Waals surface area (Å²) in [6.45, 7) is 0. The Morgan fingerprint density at radius 1 is 1.60 bits per heavy atom. The highest BCUT2D eigenvalue weighted by Crippen LogP contribution is 2.03. The number of amides is 1. The van der Waals surface area contributed by atoms with Gasteiger partial charge in [0.25, 0.3) is 0 Å². The van der Waals surface area contributed by atoms with E-state index in [0.717, 1.165) is 5.69 Å². The predicted octanol–water partition coefficient (Wildman–Crippen LogP) is 1.51. The summed E-state index contributed by atoms with van der Waals surface area (Å²) in [7, 11) is 0. The van der Waals surface area contributed by atoms with Crippen LogP contribution < -0.4 is 4.80 Å². The molecule has 0 unspecified atom stereocenters. The number of carboxylic acid groups (broad SMARTS) is 1. The smallest absolute Gasteiger partial charge is 0.433 e. The summed E-state index contributed by atoms with van der Waals surface area (Å²) in [6, 6.07) is 3.62. The summed E-state index contributed by atoms with van der Waals surface area (Å²) in [6.07, 6.45) is 3.86. The van der Waals surface area contributed by atoms with Crippen molar-refractivity contribution >= 4 is 17.4 Å². The van der Waals surface area contributed by atoms with Gasteiger partial charge in [0.05, 0.1) is 11.9 Å². The van der Waals surface area contributed by atoms with Gasteiger partial charge in [-0.1, -0.05) is 0 Å². The number of hydrogen-bond donors (Lipinski definition) is 1. The molecule has 6 heteroatoms. The van der Waals surface area contributed by atoms with Crippen LogP contribution in [0.1, 0.15) is 0 Å². The zero-order valence-electron chi connectivity index (χ0n) is 7.57. The van der Waals surface area contributed by atoms with E-state index in [1.165, 1.54) is 11.3 Å². The Kier molecular flexibility index (Phi) is 2.59. The van der Waals surface area contributed by atoms with Crippen molar-refractivity contribution in [1.82, 2.24) is 9.55 Å². The second-order valence-corrected chi connectivity index (χ2v) is 3.53. The first-order valence-electron chi connectivity index (χ1n) is 4.11. The molecule has 0 saturated heterocycles. The average molecular weight is 221 g/mol. The van der Waals surface area contributed by atoms with Gasteiger partial charge >= 0.3 is 6.09 Å². The lowest BCUT2D eigenvalue weighted by atomic mass is 10.4. The zero-order chi connectivity index (χ0) is 10.7. The fourth-order valence-corrected chi connectivity index (χ4v) is 1.84. The molecule has 0 aliphatic heterocycles. The lowest BCUT2D eigenvalue weighted by Crippen LogP contribution is -2.13. The highest BCUT2D eigenvalue weighted by atomic mass is 32.1. The SMILES string of the molecule is O=C(O)/N=c1/sccn1-c1cccnc1. The first-order chi connectivity index (χ1) is 7.27. The molecular weight excluding hydrogens is 214 g/mol. The van der Waals surface area contributed by atoms with E-state index in [9.17, 15) is 4.79 Å². The van der Waals surface area contributed by atoms with E-state index >= 15 is 0 Å². The Balaban J connectivity index is 2.56. The summed E-state index contributed by atoms with van der Waals surface area (Å²) in [4.78, 5) is 18.3. The fraction of sp³-hybridized carbons (Fsp3) is 0. The maximum absolute atomic E-state index is 10.5. The van der Waals surface area contributed by atoms with Gasteiger partial charge in [-0.2, -0.15) is 0 Å². The lowest BCUT2D eigenvalue weighted by molar-refractivity contribution is 0.204. The Labute approximate surface area is 89.0 Å². The molecule has 0 atom stereocenters. The normalized spacial score (nSPS) is 11.6. The standard InChI is InChI=1S/C9H7N3O2S/c13-9(14)11-8-12(4-5-15-8)7-2-1-3-10-6-7/h1-6H,(H,13,14)/b11-8+. The third-order valence-electron chi connectivity index (χ3n) is 1.70. The Morgan fingerprint density at radius 2 is 2.47 bits per heavy atom. The van der Waals surface area contributed by atoms with E-state index in [1.54, 1.807) is 34.6 Å². The third-order valence-corrected chi connectivity index (χ3v) is 2.46. The molecule has 2 aromatic heterocycles. The van der Waals surface area contributed by atoms with Crippen molar-refractivity contribution in [3.8, 4) is 5.69 Å². The Hall–Kier alpha value is -1.95. The van der Waals surface area contributed by atoms with Crippen molar-refractivity contribution in [1.29, 1.82) is 0 Å². The van der Waals surface area contributed by atoms with Gasteiger partial charge in [0.2, 0.25) is 4.80 Å². The molecule has 0 aromatic carbocycles. The van der Waals surface area contributed by atoms with Crippen LogP contribution in [0.15, 0.2) is 41.1 Å². The minimum absolute atomic E-state index is 0.413. The predicted molar refractivity (Wildman–Crippen MR) is 55.0 cm³/mol. The number of carbonyl (C=O) groups is 1. The minimum atomic E-state index is -1.20. The molecule has 15 heavy (non-hydrogen) atoms. The van der Waals surface area contributed by atoms with Crippen molar-refractivity contribution in [2.45, 2.75) is 0 Å². The van der Waals surface area contributed by atoms with Crippen molar-refractivity contribution in [3.05, 3.63) is 40.9 Å². The molecular formula is C9H7N3O2S. The van der Waals surface area contributed by atoms with Crippen molar-refractivity contribution in [2.24, 2.45) is 4.99 Å². The van der Waals surface area contributed by atoms with Crippen molar-refractivity contribution in [3.63, 3.8) is 0 Å². The van der Waals surface area contributed by atoms with E-state index in [4.69, 9.17) is 5.11 Å². The molecule has 1 N–H and O–H groups in total. The van der Waals surface area contributed by atoms with Gasteiger partial charge in [0, 0.05) is 17.8 Å². The second kappa shape index (κ2) is 4.05. The lowest BCUT2D eigenvalue weighted by Gasteiger charge is -1.99. The van der Waals surface area contributed by atoms with Crippen molar-refractivity contribution < 1.29 is 9.90 Å². The van der Waals surface area contributed by atoms with Gasteiger partial charge in [-0.15, -0.1) is 16.3 Å². The third kappa shape index (κ3) is 2.10. The van der Waals surface area contributed by atoms with Gasteiger partial charge in [0.15, 0.2) is 0 Å². The second-order valence-electron chi connectivity index (χ2n) is 2.66. The number of aromatic nitrogens is 2. The van der Waals surface area contributed by atoms with E-state index < -0.39 is 6.09 Å². The Morgan fingerprint density at radius 3 is 3.13 bits per heavy atom. The quantitative estimate of drug-likeness (QED) is 0.793. The molecule has 2 rings (SSSR count). The summed E-state index contributed by atoms with van der Waals surface area (Å²) in [5.41, 5.74) is 0.791. The van der Waals surface area contributed by atoms with E-state index in [1.807, 2.05) is 6.07 Å². The van der Waals surface area contributed by atoms with Crippen LogP contribution in [-0.2, 0) is 0 Å². The molecule has 1 amide bonds. The van der Waals surface area contributed by atoms with Crippen LogP contribution in [-0.4, -0.2) is 20.8 Å². The molecule has 0 bridgehead atoms. The van der Waals surface area contributed by atoms with Crippen LogP contribution >= 0.6 is 11.3 Å². The zero-order valence-corrected chi connectivity index (χ0v) is 8.39. The molecule has 0 fully saturated rings. The van der Waals surface area contributed by atoms with Gasteiger partial charge in [-0.3, -0.25) is 9.55 Å².